The lowest BCUT2D eigenvalue weighted by Gasteiger charge is -2.35. The quantitative estimate of drug-likeness (QED) is 0.397. The first-order valence-electron chi connectivity index (χ1n) is 12.1. The molecule has 0 aliphatic carbocycles. The van der Waals surface area contributed by atoms with Crippen LogP contribution in [0.3, 0.4) is 0 Å². The van der Waals surface area contributed by atoms with Gasteiger partial charge in [0.05, 0.1) is 5.52 Å². The van der Waals surface area contributed by atoms with Gasteiger partial charge in [-0.1, -0.05) is 42.0 Å². The van der Waals surface area contributed by atoms with Gasteiger partial charge in [0, 0.05) is 23.6 Å². The topological polar surface area (TPSA) is 93.0 Å². The van der Waals surface area contributed by atoms with E-state index >= 15 is 0 Å². The molecule has 0 saturated carbocycles. The van der Waals surface area contributed by atoms with Gasteiger partial charge in [-0.3, -0.25) is 19.5 Å². The molecule has 0 bridgehead atoms. The summed E-state index contributed by atoms with van der Waals surface area (Å²) in [6.07, 6.45) is 4.01. The lowest BCUT2D eigenvalue weighted by atomic mass is 9.98. The molecule has 1 N–H and O–H groups in total. The zero-order valence-corrected chi connectivity index (χ0v) is 21.4. The molecule has 4 aromatic rings. The van der Waals surface area contributed by atoms with Crippen LogP contribution in [0.15, 0.2) is 67.0 Å². The van der Waals surface area contributed by atoms with Crippen LogP contribution in [-0.4, -0.2) is 37.3 Å². The van der Waals surface area contributed by atoms with Crippen molar-refractivity contribution in [2.24, 2.45) is 0 Å². The van der Waals surface area contributed by atoms with Crippen LogP contribution in [-0.2, 0) is 16.1 Å². The van der Waals surface area contributed by atoms with Gasteiger partial charge in [-0.25, -0.2) is 4.68 Å². The molecule has 2 aromatic heterocycles. The Morgan fingerprint density at radius 3 is 2.47 bits per heavy atom. The van der Waals surface area contributed by atoms with Gasteiger partial charge in [-0.15, -0.1) is 5.10 Å². The number of amides is 2. The molecule has 2 amide bonds. The van der Waals surface area contributed by atoms with Gasteiger partial charge in [0.2, 0.25) is 11.8 Å². The number of rotatable bonds is 8. The van der Waals surface area contributed by atoms with E-state index in [1.54, 1.807) is 34.1 Å². The molecule has 0 radical (unpaired) electrons. The predicted molar refractivity (Wildman–Crippen MR) is 140 cm³/mol. The van der Waals surface area contributed by atoms with E-state index in [1.807, 2.05) is 77.1 Å². The molecule has 8 nitrogen and oxygen atoms in total. The number of nitrogens with one attached hydrogen (secondary N) is 1. The van der Waals surface area contributed by atoms with Crippen molar-refractivity contribution in [3.8, 4) is 0 Å². The molecule has 2 aromatic carbocycles. The third-order valence-electron chi connectivity index (χ3n) is 6.46. The molecule has 36 heavy (non-hydrogen) atoms. The fraction of sp³-hybridized carbons (Fsp3) is 0.321. The molecule has 4 rings (SSSR count). The molecule has 0 saturated heterocycles. The van der Waals surface area contributed by atoms with E-state index in [9.17, 15) is 9.59 Å². The molecule has 0 fully saturated rings. The number of carbonyl (C=O) groups excluding carboxylic acids is 2. The van der Waals surface area contributed by atoms with Crippen LogP contribution in [0.2, 0.25) is 0 Å². The Morgan fingerprint density at radius 2 is 1.78 bits per heavy atom. The van der Waals surface area contributed by atoms with E-state index in [4.69, 9.17) is 0 Å². The van der Waals surface area contributed by atoms with Crippen molar-refractivity contribution in [2.45, 2.75) is 59.2 Å². The summed E-state index contributed by atoms with van der Waals surface area (Å²) >= 11 is 0. The lowest BCUT2D eigenvalue weighted by Crippen LogP contribution is -2.51. The number of hydrogen-bond acceptors (Lipinski definition) is 5. The number of carbonyl (C=O) groups is 2. The maximum atomic E-state index is 14.1. The third-order valence-corrected chi connectivity index (χ3v) is 6.46. The minimum absolute atomic E-state index is 0.0696. The monoisotopic (exact) mass is 484 g/mol. The number of benzene rings is 2. The highest BCUT2D eigenvalue weighted by Gasteiger charge is 2.36. The second-order valence-electron chi connectivity index (χ2n) is 9.70. The van der Waals surface area contributed by atoms with Gasteiger partial charge in [-0.05, 0) is 75.6 Å². The number of para-hydroxylation sites is 1. The Bertz CT molecular complexity index is 1380. The average Bonchev–Trinajstić information content (AvgIpc) is 3.26. The zero-order valence-electron chi connectivity index (χ0n) is 21.4. The van der Waals surface area contributed by atoms with Crippen LogP contribution in [0.5, 0.6) is 0 Å². The van der Waals surface area contributed by atoms with Gasteiger partial charge >= 0.3 is 0 Å². The van der Waals surface area contributed by atoms with E-state index < -0.39 is 11.6 Å². The van der Waals surface area contributed by atoms with Crippen LogP contribution < -0.4 is 10.2 Å². The lowest BCUT2D eigenvalue weighted by molar-refractivity contribution is -0.128. The first-order chi connectivity index (χ1) is 17.2. The maximum Gasteiger partial charge on any atom is 0.249 e. The first kappa shape index (κ1) is 25.0. The van der Waals surface area contributed by atoms with Crippen molar-refractivity contribution >= 4 is 28.5 Å². The number of aromatic nitrogens is 4. The first-order valence-corrected chi connectivity index (χ1v) is 12.1. The Morgan fingerprint density at radius 1 is 1.06 bits per heavy atom. The molecule has 186 valence electrons. The summed E-state index contributed by atoms with van der Waals surface area (Å²) in [6.45, 7) is 9.84. The highest BCUT2D eigenvalue weighted by molar-refractivity contribution is 6.02. The molecule has 1 atom stereocenters. The summed E-state index contributed by atoms with van der Waals surface area (Å²) in [5.41, 5.74) is 4.32. The summed E-state index contributed by atoms with van der Waals surface area (Å²) in [5, 5.41) is 11.5. The standard InChI is InChI=1S/C28H32N6O2/c1-6-28(4,5)30-27(36)26(21-13-15-29-16-14-21)34(23-12-11-19(2)17-20(23)3)25(35)18-33-24-10-8-7-9-22(24)31-32-33/h7-17,26H,6,18H2,1-5H3,(H,30,36)/t26-/m0/s1. The molecule has 0 aliphatic heterocycles. The summed E-state index contributed by atoms with van der Waals surface area (Å²) < 4.78 is 1.58. The average molecular weight is 485 g/mol. The van der Waals surface area contributed by atoms with E-state index in [0.29, 0.717) is 16.8 Å². The van der Waals surface area contributed by atoms with Crippen molar-refractivity contribution in [1.82, 2.24) is 25.3 Å². The molecular weight excluding hydrogens is 452 g/mol. The molecule has 0 spiro atoms. The van der Waals surface area contributed by atoms with Crippen molar-refractivity contribution in [2.75, 3.05) is 4.90 Å². The second kappa shape index (κ2) is 10.3. The summed E-state index contributed by atoms with van der Waals surface area (Å²) in [5.74, 6) is -0.534. The number of hydrogen-bond donors (Lipinski definition) is 1. The Balaban J connectivity index is 1.84. The van der Waals surface area contributed by atoms with Gasteiger partial charge in [-0.2, -0.15) is 0 Å². The second-order valence-corrected chi connectivity index (χ2v) is 9.70. The van der Waals surface area contributed by atoms with Crippen LogP contribution in [0.1, 0.15) is 49.9 Å². The Hall–Kier alpha value is -4.07. The molecule has 0 aliphatic rings. The van der Waals surface area contributed by atoms with Gasteiger partial charge in [0.1, 0.15) is 18.1 Å². The van der Waals surface area contributed by atoms with Gasteiger partial charge in [0.25, 0.3) is 0 Å². The number of aryl methyl sites for hydroxylation is 2. The van der Waals surface area contributed by atoms with Gasteiger partial charge < -0.3 is 5.32 Å². The SMILES string of the molecule is CCC(C)(C)NC(=O)[C@H](c1ccncc1)N(C(=O)Cn1nnc2ccccc21)c1ccc(C)cc1C. The van der Waals surface area contributed by atoms with Crippen molar-refractivity contribution < 1.29 is 9.59 Å². The third kappa shape index (κ3) is 5.27. The van der Waals surface area contributed by atoms with Crippen LogP contribution >= 0.6 is 0 Å². The number of pyridine rings is 1. The fourth-order valence-electron chi connectivity index (χ4n) is 4.19. The van der Waals surface area contributed by atoms with Crippen LogP contribution in [0.25, 0.3) is 11.0 Å². The van der Waals surface area contributed by atoms with Crippen molar-refractivity contribution in [3.63, 3.8) is 0 Å². The minimum Gasteiger partial charge on any atom is -0.349 e. The van der Waals surface area contributed by atoms with E-state index in [-0.39, 0.29) is 18.4 Å². The zero-order chi connectivity index (χ0) is 25.9. The largest absolute Gasteiger partial charge is 0.349 e. The van der Waals surface area contributed by atoms with Crippen molar-refractivity contribution in [1.29, 1.82) is 0 Å². The Kier molecular flexibility index (Phi) is 7.15. The normalized spacial score (nSPS) is 12.4. The molecule has 0 unspecified atom stereocenters. The summed E-state index contributed by atoms with van der Waals surface area (Å²) in [4.78, 5) is 33.7. The minimum atomic E-state index is -0.900. The Labute approximate surface area is 211 Å². The maximum absolute atomic E-state index is 14.1. The van der Waals surface area contributed by atoms with E-state index in [2.05, 4.69) is 20.6 Å². The number of anilines is 1. The predicted octanol–water partition coefficient (Wildman–Crippen LogP) is 4.52. The summed E-state index contributed by atoms with van der Waals surface area (Å²) in [7, 11) is 0. The smallest absolute Gasteiger partial charge is 0.249 e. The molecule has 8 heteroatoms. The highest BCUT2D eigenvalue weighted by atomic mass is 16.2. The number of fused-ring (bicyclic) bond motifs is 1. The van der Waals surface area contributed by atoms with Crippen molar-refractivity contribution in [3.05, 3.63) is 83.7 Å². The van der Waals surface area contributed by atoms with Crippen LogP contribution in [0, 0.1) is 13.8 Å². The van der Waals surface area contributed by atoms with Gasteiger partial charge in [0.15, 0.2) is 0 Å². The molecule has 2 heterocycles. The van der Waals surface area contributed by atoms with Crippen LogP contribution in [0.4, 0.5) is 5.69 Å². The number of nitrogens with zero attached hydrogens (tertiary/aromatic N) is 5. The van der Waals surface area contributed by atoms with E-state index in [0.717, 1.165) is 23.1 Å². The highest BCUT2D eigenvalue weighted by Crippen LogP contribution is 2.32. The van der Waals surface area contributed by atoms with E-state index in [1.165, 1.54) is 0 Å². The summed E-state index contributed by atoms with van der Waals surface area (Å²) in [6, 6.07) is 16.0. The fourth-order valence-corrected chi connectivity index (χ4v) is 4.19. The molecular formula is C28H32N6O2.